The van der Waals surface area contributed by atoms with E-state index in [-0.39, 0.29) is 12.0 Å². The molecule has 3 rings (SSSR count). The Morgan fingerprint density at radius 2 is 2.23 bits per heavy atom. The molecule has 1 aromatic carbocycles. The van der Waals surface area contributed by atoms with Gasteiger partial charge in [-0.25, -0.2) is 0 Å². The number of rotatable bonds is 9. The molecule has 1 saturated heterocycles. The highest BCUT2D eigenvalue weighted by Crippen LogP contribution is 2.16. The normalized spacial score (nSPS) is 18.0. The van der Waals surface area contributed by atoms with Gasteiger partial charge < -0.3 is 19.3 Å². The number of aromatic nitrogens is 1. The van der Waals surface area contributed by atoms with E-state index in [1.54, 1.807) is 13.0 Å². The number of hydrogen-bond donors (Lipinski definition) is 2. The molecule has 2 N–H and O–H groups in total. The Kier molecular flexibility index (Phi) is 6.76. The molecular weight excluding hydrogens is 334 g/mol. The van der Waals surface area contributed by atoms with E-state index in [1.165, 1.54) is 0 Å². The monoisotopic (exact) mass is 359 g/mol. The van der Waals surface area contributed by atoms with Crippen molar-refractivity contribution in [2.24, 2.45) is 0 Å². The van der Waals surface area contributed by atoms with Crippen molar-refractivity contribution in [3.05, 3.63) is 47.7 Å². The van der Waals surface area contributed by atoms with Gasteiger partial charge in [-0.15, -0.1) is 0 Å². The molecule has 0 spiro atoms. The van der Waals surface area contributed by atoms with Crippen molar-refractivity contribution < 1.29 is 18.8 Å². The summed E-state index contributed by atoms with van der Waals surface area (Å²) in [5.74, 6) is 0.862. The van der Waals surface area contributed by atoms with Crippen molar-refractivity contribution in [2.75, 3.05) is 31.7 Å². The van der Waals surface area contributed by atoms with Crippen LogP contribution in [0, 0.1) is 6.92 Å². The molecular formula is C19H25N3O4. The summed E-state index contributed by atoms with van der Waals surface area (Å²) < 4.78 is 16.2. The lowest BCUT2D eigenvalue weighted by Gasteiger charge is -2.18. The molecule has 0 aliphatic carbocycles. The second-order valence-corrected chi connectivity index (χ2v) is 6.32. The number of hydrogen-bond acceptors (Lipinski definition) is 6. The first-order valence-corrected chi connectivity index (χ1v) is 8.94. The molecule has 0 bridgehead atoms. The summed E-state index contributed by atoms with van der Waals surface area (Å²) in [4.78, 5) is 12.7. The predicted molar refractivity (Wildman–Crippen MR) is 96.8 cm³/mol. The molecule has 1 fully saturated rings. The molecule has 0 saturated carbocycles. The molecule has 26 heavy (non-hydrogen) atoms. The van der Waals surface area contributed by atoms with Crippen LogP contribution in [0.2, 0.25) is 0 Å². The fourth-order valence-electron chi connectivity index (χ4n) is 2.90. The lowest BCUT2D eigenvalue weighted by molar-refractivity contribution is -0.118. The van der Waals surface area contributed by atoms with E-state index in [9.17, 15) is 4.79 Å². The van der Waals surface area contributed by atoms with E-state index in [4.69, 9.17) is 14.0 Å². The largest absolute Gasteiger partial charge is 0.377 e. The van der Waals surface area contributed by atoms with Crippen molar-refractivity contribution >= 4 is 11.7 Å². The minimum atomic E-state index is -0.500. The SMILES string of the molecule is Cc1cc(NC(=O)C(NCCOCC2CCCO2)c2ccccc2)no1. The maximum atomic E-state index is 12.7. The third kappa shape index (κ3) is 5.39. The van der Waals surface area contributed by atoms with Gasteiger partial charge in [0.05, 0.1) is 19.3 Å². The number of benzene rings is 1. The van der Waals surface area contributed by atoms with Gasteiger partial charge in [-0.2, -0.15) is 0 Å². The number of carbonyl (C=O) groups is 1. The van der Waals surface area contributed by atoms with E-state index in [2.05, 4.69) is 15.8 Å². The van der Waals surface area contributed by atoms with E-state index >= 15 is 0 Å². The zero-order valence-corrected chi connectivity index (χ0v) is 14.9. The molecule has 1 amide bonds. The summed E-state index contributed by atoms with van der Waals surface area (Å²) >= 11 is 0. The highest BCUT2D eigenvalue weighted by atomic mass is 16.5. The zero-order valence-electron chi connectivity index (χ0n) is 14.9. The fourth-order valence-corrected chi connectivity index (χ4v) is 2.90. The summed E-state index contributed by atoms with van der Waals surface area (Å²) in [7, 11) is 0. The van der Waals surface area contributed by atoms with Crippen LogP contribution >= 0.6 is 0 Å². The molecule has 2 unspecified atom stereocenters. The third-order valence-corrected chi connectivity index (χ3v) is 4.20. The molecule has 7 nitrogen and oxygen atoms in total. The molecule has 2 aromatic rings. The fraction of sp³-hybridized carbons (Fsp3) is 0.474. The van der Waals surface area contributed by atoms with Crippen molar-refractivity contribution in [3.8, 4) is 0 Å². The lowest BCUT2D eigenvalue weighted by Crippen LogP contribution is -2.35. The van der Waals surface area contributed by atoms with Crippen molar-refractivity contribution in [2.45, 2.75) is 31.9 Å². The molecule has 7 heteroatoms. The molecule has 140 valence electrons. The Labute approximate surface area is 153 Å². The molecule has 1 aliphatic heterocycles. The minimum absolute atomic E-state index is 0.191. The van der Waals surface area contributed by atoms with Crippen LogP contribution in [0.1, 0.15) is 30.2 Å². The summed E-state index contributed by atoms with van der Waals surface area (Å²) in [6.45, 7) is 4.27. The van der Waals surface area contributed by atoms with Gasteiger partial charge in [0.1, 0.15) is 11.8 Å². The number of aryl methyl sites for hydroxylation is 1. The summed E-state index contributed by atoms with van der Waals surface area (Å²) in [6.07, 6.45) is 2.36. The Hall–Kier alpha value is -2.22. The first kappa shape index (κ1) is 18.6. The van der Waals surface area contributed by atoms with Gasteiger partial charge in [-0.05, 0) is 25.3 Å². The van der Waals surface area contributed by atoms with Gasteiger partial charge in [-0.1, -0.05) is 35.5 Å². The number of anilines is 1. The number of ether oxygens (including phenoxy) is 2. The van der Waals surface area contributed by atoms with Crippen LogP contribution in [0.25, 0.3) is 0 Å². The third-order valence-electron chi connectivity index (χ3n) is 4.20. The van der Waals surface area contributed by atoms with Gasteiger partial charge in [0, 0.05) is 19.2 Å². The Morgan fingerprint density at radius 3 is 2.92 bits per heavy atom. The molecule has 0 radical (unpaired) electrons. The van der Waals surface area contributed by atoms with Crippen LogP contribution in [0.3, 0.4) is 0 Å². The highest BCUT2D eigenvalue weighted by molar-refractivity contribution is 5.94. The molecule has 2 heterocycles. The Bertz CT molecular complexity index is 683. The standard InChI is InChI=1S/C19H25N3O4/c1-14-12-17(22-26-14)21-19(23)18(15-6-3-2-4-7-15)20-9-11-24-13-16-8-5-10-25-16/h2-4,6-7,12,16,18,20H,5,8-11,13H2,1H3,(H,21,22,23). The van der Waals surface area contributed by atoms with Crippen molar-refractivity contribution in [3.63, 3.8) is 0 Å². The number of nitrogens with zero attached hydrogens (tertiary/aromatic N) is 1. The van der Waals surface area contributed by atoms with E-state index in [0.29, 0.717) is 31.3 Å². The van der Waals surface area contributed by atoms with Crippen LogP contribution in [0.5, 0.6) is 0 Å². The van der Waals surface area contributed by atoms with Gasteiger partial charge in [0.25, 0.3) is 0 Å². The Balaban J connectivity index is 1.52. The van der Waals surface area contributed by atoms with E-state index in [1.807, 2.05) is 30.3 Å². The smallest absolute Gasteiger partial charge is 0.247 e. The van der Waals surface area contributed by atoms with Gasteiger partial charge >= 0.3 is 0 Å². The Morgan fingerprint density at radius 1 is 1.38 bits per heavy atom. The zero-order chi connectivity index (χ0) is 18.2. The van der Waals surface area contributed by atoms with Crippen LogP contribution < -0.4 is 10.6 Å². The molecule has 1 aliphatic rings. The maximum absolute atomic E-state index is 12.7. The topological polar surface area (TPSA) is 85.6 Å². The second kappa shape index (κ2) is 9.47. The summed E-state index contributed by atoms with van der Waals surface area (Å²) in [5.41, 5.74) is 0.879. The van der Waals surface area contributed by atoms with Gasteiger partial charge in [0.2, 0.25) is 5.91 Å². The quantitative estimate of drug-likeness (QED) is 0.669. The highest BCUT2D eigenvalue weighted by Gasteiger charge is 2.21. The number of nitrogens with one attached hydrogen (secondary N) is 2. The minimum Gasteiger partial charge on any atom is -0.377 e. The van der Waals surface area contributed by atoms with Crippen LogP contribution in [0.15, 0.2) is 40.9 Å². The predicted octanol–water partition coefficient (Wildman–Crippen LogP) is 2.45. The van der Waals surface area contributed by atoms with E-state index in [0.717, 1.165) is 25.0 Å². The number of amides is 1. The average Bonchev–Trinajstić information content (AvgIpc) is 3.30. The lowest BCUT2D eigenvalue weighted by atomic mass is 10.1. The first-order chi connectivity index (χ1) is 12.7. The van der Waals surface area contributed by atoms with Crippen molar-refractivity contribution in [1.82, 2.24) is 10.5 Å². The van der Waals surface area contributed by atoms with Crippen LogP contribution in [-0.4, -0.2) is 43.5 Å². The first-order valence-electron chi connectivity index (χ1n) is 8.94. The average molecular weight is 359 g/mol. The number of carbonyl (C=O) groups excluding carboxylic acids is 1. The van der Waals surface area contributed by atoms with Gasteiger partial charge in [0.15, 0.2) is 5.82 Å². The summed E-state index contributed by atoms with van der Waals surface area (Å²) in [5, 5.41) is 9.84. The van der Waals surface area contributed by atoms with Crippen LogP contribution in [0.4, 0.5) is 5.82 Å². The van der Waals surface area contributed by atoms with Crippen LogP contribution in [-0.2, 0) is 14.3 Å². The second-order valence-electron chi connectivity index (χ2n) is 6.32. The van der Waals surface area contributed by atoms with Gasteiger partial charge in [-0.3, -0.25) is 10.1 Å². The maximum Gasteiger partial charge on any atom is 0.247 e. The van der Waals surface area contributed by atoms with Crippen molar-refractivity contribution in [1.29, 1.82) is 0 Å². The van der Waals surface area contributed by atoms with E-state index < -0.39 is 6.04 Å². The summed E-state index contributed by atoms with van der Waals surface area (Å²) in [6, 6.07) is 10.8. The molecule has 2 atom stereocenters. The molecule has 1 aromatic heterocycles.